The van der Waals surface area contributed by atoms with E-state index < -0.39 is 0 Å². The van der Waals surface area contributed by atoms with Crippen molar-refractivity contribution < 1.29 is 4.79 Å². The van der Waals surface area contributed by atoms with Crippen molar-refractivity contribution in [3.05, 3.63) is 0 Å². The molecule has 0 unspecified atom stereocenters. The molecular weight excluding hydrogens is 152 g/mol. The fourth-order valence-electron chi connectivity index (χ4n) is 0.633. The minimum atomic E-state index is -0.194. The van der Waals surface area contributed by atoms with Gasteiger partial charge in [-0.2, -0.15) is 0 Å². The summed E-state index contributed by atoms with van der Waals surface area (Å²) in [5, 5.41) is 5.41. The van der Waals surface area contributed by atoms with E-state index in [1.54, 1.807) is 0 Å². The maximum Gasteiger partial charge on any atom is 0.315 e. The van der Waals surface area contributed by atoms with Gasteiger partial charge in [-0.25, -0.2) is 4.79 Å². The van der Waals surface area contributed by atoms with Gasteiger partial charge >= 0.3 is 6.03 Å². The highest BCUT2D eigenvalue weighted by atomic mass is 16.2. The lowest BCUT2D eigenvalue weighted by atomic mass is 10.1. The van der Waals surface area contributed by atoms with Crippen molar-refractivity contribution in [3.8, 4) is 12.3 Å². The molecule has 2 amide bonds. The molecule has 68 valence electrons. The molecule has 0 bridgehead atoms. The van der Waals surface area contributed by atoms with E-state index in [1.807, 2.05) is 20.8 Å². The number of carbonyl (C=O) groups excluding carboxylic acids is 1. The highest BCUT2D eigenvalue weighted by molar-refractivity contribution is 5.74. The number of nitrogens with one attached hydrogen (secondary N) is 2. The molecule has 2 N–H and O–H groups in total. The Bertz CT molecular complexity index is 186. The Morgan fingerprint density at radius 1 is 1.50 bits per heavy atom. The van der Waals surface area contributed by atoms with Crippen molar-refractivity contribution in [2.45, 2.75) is 32.7 Å². The molecule has 0 aromatic rings. The second kappa shape index (κ2) is 4.66. The maximum atomic E-state index is 11.0. The number of carbonyl (C=O) groups is 1. The average molecular weight is 168 g/mol. The van der Waals surface area contributed by atoms with Gasteiger partial charge in [-0.1, -0.05) is 0 Å². The van der Waals surface area contributed by atoms with E-state index in [0.717, 1.165) is 0 Å². The largest absolute Gasteiger partial charge is 0.337 e. The van der Waals surface area contributed by atoms with Crippen molar-refractivity contribution in [1.82, 2.24) is 10.6 Å². The smallest absolute Gasteiger partial charge is 0.315 e. The highest BCUT2D eigenvalue weighted by Crippen LogP contribution is 1.96. The average Bonchev–Trinajstić information content (AvgIpc) is 1.84. The summed E-state index contributed by atoms with van der Waals surface area (Å²) in [5.41, 5.74) is -0.194. The van der Waals surface area contributed by atoms with Crippen molar-refractivity contribution in [2.24, 2.45) is 0 Å². The third-order valence-electron chi connectivity index (χ3n) is 1.04. The van der Waals surface area contributed by atoms with Crippen LogP contribution in [0.5, 0.6) is 0 Å². The van der Waals surface area contributed by atoms with Crippen molar-refractivity contribution in [1.29, 1.82) is 0 Å². The van der Waals surface area contributed by atoms with E-state index in [4.69, 9.17) is 6.42 Å². The summed E-state index contributed by atoms with van der Waals surface area (Å²) >= 11 is 0. The van der Waals surface area contributed by atoms with E-state index in [1.165, 1.54) is 0 Å². The predicted molar refractivity (Wildman–Crippen MR) is 49.7 cm³/mol. The Kier molecular flexibility index (Phi) is 4.20. The monoisotopic (exact) mass is 168 g/mol. The summed E-state index contributed by atoms with van der Waals surface area (Å²) in [6, 6.07) is -0.169. The Balaban J connectivity index is 3.56. The van der Waals surface area contributed by atoms with Crippen LogP contribution < -0.4 is 10.6 Å². The van der Waals surface area contributed by atoms with Crippen LogP contribution in [-0.2, 0) is 0 Å². The highest BCUT2D eigenvalue weighted by Gasteiger charge is 2.12. The van der Waals surface area contributed by atoms with E-state index in [9.17, 15) is 4.79 Å². The zero-order valence-electron chi connectivity index (χ0n) is 7.90. The van der Waals surface area contributed by atoms with Crippen LogP contribution in [0.1, 0.15) is 27.2 Å². The van der Waals surface area contributed by atoms with Gasteiger partial charge < -0.3 is 10.6 Å². The van der Waals surface area contributed by atoms with Crippen molar-refractivity contribution in [2.75, 3.05) is 6.54 Å². The van der Waals surface area contributed by atoms with Gasteiger partial charge in [-0.05, 0) is 20.8 Å². The lowest BCUT2D eigenvalue weighted by Crippen LogP contribution is -2.46. The van der Waals surface area contributed by atoms with Gasteiger partial charge in [0.2, 0.25) is 0 Å². The second-order valence-electron chi connectivity index (χ2n) is 3.59. The molecule has 0 aromatic heterocycles. The van der Waals surface area contributed by atoms with Crippen molar-refractivity contribution >= 4 is 6.03 Å². The number of urea groups is 1. The summed E-state index contributed by atoms with van der Waals surface area (Å²) in [5.74, 6) is 2.44. The lowest BCUT2D eigenvalue weighted by molar-refractivity contribution is 0.232. The molecule has 0 rings (SSSR count). The Hall–Kier alpha value is -1.17. The van der Waals surface area contributed by atoms with E-state index in [0.29, 0.717) is 13.0 Å². The molecule has 0 aliphatic carbocycles. The molecule has 0 atom stereocenters. The van der Waals surface area contributed by atoms with Crippen LogP contribution in [0.15, 0.2) is 0 Å². The molecule has 0 heterocycles. The second-order valence-corrected chi connectivity index (χ2v) is 3.59. The first-order valence-corrected chi connectivity index (χ1v) is 3.95. The fraction of sp³-hybridized carbons (Fsp3) is 0.667. The van der Waals surface area contributed by atoms with E-state index >= 15 is 0 Å². The van der Waals surface area contributed by atoms with E-state index in [2.05, 4.69) is 16.6 Å². The number of hydrogen-bond acceptors (Lipinski definition) is 1. The van der Waals surface area contributed by atoms with Crippen LogP contribution in [0, 0.1) is 12.3 Å². The molecule has 3 heteroatoms. The standard InChI is InChI=1S/C9H16N2O/c1-5-6-7-10-8(12)11-9(2,3)4/h1H,6-7H2,2-4H3,(H2,10,11,12). The van der Waals surface area contributed by atoms with Crippen LogP contribution in [0.3, 0.4) is 0 Å². The third-order valence-corrected chi connectivity index (χ3v) is 1.04. The maximum absolute atomic E-state index is 11.0. The summed E-state index contributed by atoms with van der Waals surface area (Å²) in [6.07, 6.45) is 5.59. The van der Waals surface area contributed by atoms with Crippen LogP contribution in [0.2, 0.25) is 0 Å². The van der Waals surface area contributed by atoms with Crippen LogP contribution in [0.25, 0.3) is 0 Å². The van der Waals surface area contributed by atoms with Gasteiger partial charge in [-0.15, -0.1) is 12.3 Å². The van der Waals surface area contributed by atoms with Gasteiger partial charge in [0, 0.05) is 18.5 Å². The number of rotatable bonds is 2. The number of hydrogen-bond donors (Lipinski definition) is 2. The van der Waals surface area contributed by atoms with Crippen LogP contribution >= 0.6 is 0 Å². The minimum absolute atomic E-state index is 0.169. The molecule has 0 aliphatic heterocycles. The molecule has 0 saturated carbocycles. The summed E-state index contributed by atoms with van der Waals surface area (Å²) in [4.78, 5) is 11.0. The van der Waals surface area contributed by atoms with Gasteiger partial charge in [0.15, 0.2) is 0 Å². The third kappa shape index (κ3) is 6.94. The topological polar surface area (TPSA) is 41.1 Å². The zero-order valence-corrected chi connectivity index (χ0v) is 7.90. The summed E-state index contributed by atoms with van der Waals surface area (Å²) in [6.45, 7) is 6.30. The Morgan fingerprint density at radius 2 is 2.08 bits per heavy atom. The molecule has 0 radical (unpaired) electrons. The normalized spacial score (nSPS) is 10.2. The minimum Gasteiger partial charge on any atom is -0.337 e. The van der Waals surface area contributed by atoms with Gasteiger partial charge in [-0.3, -0.25) is 0 Å². The first-order valence-electron chi connectivity index (χ1n) is 3.95. The SMILES string of the molecule is C#CCCNC(=O)NC(C)(C)C. The van der Waals surface area contributed by atoms with Gasteiger partial charge in [0.25, 0.3) is 0 Å². The molecule has 0 aliphatic rings. The van der Waals surface area contributed by atoms with Crippen LogP contribution in [0.4, 0.5) is 4.79 Å². The first kappa shape index (κ1) is 10.8. The first-order chi connectivity index (χ1) is 5.45. The zero-order chi connectivity index (χ0) is 9.61. The van der Waals surface area contributed by atoms with Gasteiger partial charge in [0.1, 0.15) is 0 Å². The van der Waals surface area contributed by atoms with Crippen LogP contribution in [-0.4, -0.2) is 18.1 Å². The quantitative estimate of drug-likeness (QED) is 0.470. The lowest BCUT2D eigenvalue weighted by Gasteiger charge is -2.20. The predicted octanol–water partition coefficient (Wildman–Crippen LogP) is 1.11. The molecular formula is C9H16N2O. The number of terminal acetylenes is 1. The molecule has 0 aromatic carbocycles. The number of amides is 2. The molecule has 3 nitrogen and oxygen atoms in total. The molecule has 0 fully saturated rings. The molecule has 12 heavy (non-hydrogen) atoms. The fourth-order valence-corrected chi connectivity index (χ4v) is 0.633. The molecule has 0 spiro atoms. The summed E-state index contributed by atoms with van der Waals surface area (Å²) in [7, 11) is 0. The van der Waals surface area contributed by atoms with Crippen molar-refractivity contribution in [3.63, 3.8) is 0 Å². The Labute approximate surface area is 73.9 Å². The Morgan fingerprint density at radius 3 is 2.50 bits per heavy atom. The van der Waals surface area contributed by atoms with Gasteiger partial charge in [0.05, 0.1) is 0 Å². The summed E-state index contributed by atoms with van der Waals surface area (Å²) < 4.78 is 0. The molecule has 0 saturated heterocycles. The van der Waals surface area contributed by atoms with E-state index in [-0.39, 0.29) is 11.6 Å².